The van der Waals surface area contributed by atoms with E-state index in [1.807, 2.05) is 0 Å². The largest absolute Gasteiger partial charge is 0.326 e. The molecular weight excluding hydrogens is 276 g/mol. The lowest BCUT2D eigenvalue weighted by atomic mass is 9.99. The zero-order chi connectivity index (χ0) is 12.4. The fourth-order valence-corrected chi connectivity index (χ4v) is 3.18. The molecule has 2 rings (SSSR count). The molecule has 3 heteroatoms. The van der Waals surface area contributed by atoms with E-state index in [2.05, 4.69) is 58.9 Å². The third kappa shape index (κ3) is 3.09. The first kappa shape index (κ1) is 13.1. The molecule has 0 bridgehead atoms. The molecule has 0 aliphatic carbocycles. The minimum Gasteiger partial charge on any atom is -0.326 e. The Morgan fingerprint density at radius 1 is 1.47 bits per heavy atom. The van der Waals surface area contributed by atoms with Gasteiger partial charge >= 0.3 is 0 Å². The van der Waals surface area contributed by atoms with Crippen molar-refractivity contribution in [1.82, 2.24) is 4.90 Å². The summed E-state index contributed by atoms with van der Waals surface area (Å²) in [5.41, 5.74) is 7.51. The molecule has 94 valence electrons. The van der Waals surface area contributed by atoms with Crippen LogP contribution in [0.5, 0.6) is 0 Å². The molecule has 0 aromatic heterocycles. The van der Waals surface area contributed by atoms with Gasteiger partial charge in [0.2, 0.25) is 0 Å². The van der Waals surface area contributed by atoms with Crippen molar-refractivity contribution >= 4 is 15.9 Å². The number of benzene rings is 1. The van der Waals surface area contributed by atoms with E-state index < -0.39 is 0 Å². The van der Waals surface area contributed by atoms with E-state index in [9.17, 15) is 0 Å². The minimum absolute atomic E-state index is 0.162. The molecule has 2 N–H and O–H groups in total. The normalized spacial score (nSPS) is 24.8. The highest BCUT2D eigenvalue weighted by molar-refractivity contribution is 9.10. The van der Waals surface area contributed by atoms with Crippen LogP contribution in [0.15, 0.2) is 28.7 Å². The number of likely N-dealkylation sites (tertiary alicyclic amines) is 1. The van der Waals surface area contributed by atoms with Crippen LogP contribution >= 0.6 is 15.9 Å². The van der Waals surface area contributed by atoms with Crippen molar-refractivity contribution in [1.29, 1.82) is 0 Å². The van der Waals surface area contributed by atoms with E-state index in [1.54, 1.807) is 0 Å². The fourth-order valence-electron chi connectivity index (χ4n) is 2.76. The molecule has 17 heavy (non-hydrogen) atoms. The molecule has 3 unspecified atom stereocenters. The zero-order valence-corrected chi connectivity index (χ0v) is 12.2. The van der Waals surface area contributed by atoms with Crippen molar-refractivity contribution in [3.63, 3.8) is 0 Å². The molecule has 0 radical (unpaired) electrons. The smallest absolute Gasteiger partial charge is 0.0496 e. The number of rotatable bonds is 3. The lowest BCUT2D eigenvalue weighted by Gasteiger charge is -2.31. The van der Waals surface area contributed by atoms with Crippen LogP contribution in [0.3, 0.4) is 0 Å². The van der Waals surface area contributed by atoms with Gasteiger partial charge in [0, 0.05) is 23.1 Å². The first-order chi connectivity index (χ1) is 8.08. The van der Waals surface area contributed by atoms with E-state index >= 15 is 0 Å². The number of hydrogen-bond acceptors (Lipinski definition) is 2. The standard InChI is InChI=1S/C14H21BrN2/c1-10-6-7-17(9-10)14(11(2)16)12-4-3-5-13(15)8-12/h3-5,8,10-11,14H,6-7,9,16H2,1-2H3. The molecule has 1 aliphatic heterocycles. The lowest BCUT2D eigenvalue weighted by molar-refractivity contribution is 0.213. The van der Waals surface area contributed by atoms with E-state index in [4.69, 9.17) is 5.73 Å². The first-order valence-corrected chi connectivity index (χ1v) is 7.12. The molecule has 1 heterocycles. The maximum atomic E-state index is 6.19. The molecular formula is C14H21BrN2. The summed E-state index contributed by atoms with van der Waals surface area (Å²) in [6.07, 6.45) is 1.29. The number of hydrogen-bond donors (Lipinski definition) is 1. The first-order valence-electron chi connectivity index (χ1n) is 6.33. The number of halogens is 1. The van der Waals surface area contributed by atoms with Crippen LogP contribution in [-0.4, -0.2) is 24.0 Å². The number of nitrogens with zero attached hydrogens (tertiary/aromatic N) is 1. The quantitative estimate of drug-likeness (QED) is 0.928. The summed E-state index contributed by atoms with van der Waals surface area (Å²) in [7, 11) is 0. The Morgan fingerprint density at radius 2 is 2.24 bits per heavy atom. The topological polar surface area (TPSA) is 29.3 Å². The van der Waals surface area contributed by atoms with Crippen molar-refractivity contribution < 1.29 is 0 Å². The van der Waals surface area contributed by atoms with Gasteiger partial charge in [0.1, 0.15) is 0 Å². The van der Waals surface area contributed by atoms with Gasteiger partial charge < -0.3 is 5.73 Å². The molecule has 1 aliphatic rings. The van der Waals surface area contributed by atoms with Crippen LogP contribution in [0.1, 0.15) is 31.9 Å². The molecule has 1 aromatic carbocycles. The summed E-state index contributed by atoms with van der Waals surface area (Å²) < 4.78 is 1.13. The predicted molar refractivity (Wildman–Crippen MR) is 75.9 cm³/mol. The van der Waals surface area contributed by atoms with E-state index in [0.29, 0.717) is 6.04 Å². The van der Waals surface area contributed by atoms with Gasteiger partial charge in [-0.1, -0.05) is 35.0 Å². The van der Waals surface area contributed by atoms with Gasteiger partial charge in [0.05, 0.1) is 0 Å². The SMILES string of the molecule is CC1CCN(C(c2cccc(Br)c2)C(C)N)C1. The van der Waals surface area contributed by atoms with Crippen molar-refractivity contribution in [2.75, 3.05) is 13.1 Å². The molecule has 1 aromatic rings. The van der Waals surface area contributed by atoms with Gasteiger partial charge in [-0.3, -0.25) is 4.90 Å². The van der Waals surface area contributed by atoms with Gasteiger partial charge in [0.25, 0.3) is 0 Å². The minimum atomic E-state index is 0.162. The summed E-state index contributed by atoms with van der Waals surface area (Å²) in [5.74, 6) is 0.795. The van der Waals surface area contributed by atoms with E-state index in [1.165, 1.54) is 25.1 Å². The third-order valence-corrected chi connectivity index (χ3v) is 4.03. The third-order valence-electron chi connectivity index (χ3n) is 3.54. The Hall–Kier alpha value is -0.380. The highest BCUT2D eigenvalue weighted by Gasteiger charge is 2.29. The highest BCUT2D eigenvalue weighted by Crippen LogP contribution is 2.30. The second-order valence-electron chi connectivity index (χ2n) is 5.25. The Morgan fingerprint density at radius 3 is 2.76 bits per heavy atom. The molecule has 2 nitrogen and oxygen atoms in total. The summed E-state index contributed by atoms with van der Waals surface area (Å²) >= 11 is 3.54. The van der Waals surface area contributed by atoms with Crippen molar-refractivity contribution in [2.24, 2.45) is 11.7 Å². The number of nitrogens with two attached hydrogens (primary N) is 1. The van der Waals surface area contributed by atoms with Crippen molar-refractivity contribution in [2.45, 2.75) is 32.4 Å². The van der Waals surface area contributed by atoms with Gasteiger partial charge in [-0.2, -0.15) is 0 Å². The lowest BCUT2D eigenvalue weighted by Crippen LogP contribution is -2.38. The van der Waals surface area contributed by atoms with Crippen LogP contribution in [0, 0.1) is 5.92 Å². The second-order valence-corrected chi connectivity index (χ2v) is 6.16. The zero-order valence-electron chi connectivity index (χ0n) is 10.6. The maximum absolute atomic E-state index is 6.19. The molecule has 1 fully saturated rings. The molecule has 3 atom stereocenters. The Balaban J connectivity index is 2.23. The van der Waals surface area contributed by atoms with Crippen LogP contribution in [0.4, 0.5) is 0 Å². The Kier molecular flexibility index (Phi) is 4.23. The van der Waals surface area contributed by atoms with E-state index in [0.717, 1.165) is 10.4 Å². The Bertz CT molecular complexity index is 378. The van der Waals surface area contributed by atoms with Gasteiger partial charge in [-0.25, -0.2) is 0 Å². The van der Waals surface area contributed by atoms with E-state index in [-0.39, 0.29) is 6.04 Å². The molecule has 0 saturated carbocycles. The van der Waals surface area contributed by atoms with Crippen molar-refractivity contribution in [3.8, 4) is 0 Å². The highest BCUT2D eigenvalue weighted by atomic mass is 79.9. The summed E-state index contributed by atoms with van der Waals surface area (Å²) in [4.78, 5) is 2.52. The summed E-state index contributed by atoms with van der Waals surface area (Å²) in [6.45, 7) is 6.76. The van der Waals surface area contributed by atoms with Gasteiger partial charge in [0.15, 0.2) is 0 Å². The van der Waals surface area contributed by atoms with Gasteiger partial charge in [-0.05, 0) is 43.5 Å². The summed E-state index contributed by atoms with van der Waals surface area (Å²) in [6, 6.07) is 9.04. The van der Waals surface area contributed by atoms with Crippen LogP contribution in [0.2, 0.25) is 0 Å². The Labute approximate surface area is 112 Å². The van der Waals surface area contributed by atoms with Crippen LogP contribution in [0.25, 0.3) is 0 Å². The maximum Gasteiger partial charge on any atom is 0.0496 e. The molecule has 0 amide bonds. The second kappa shape index (κ2) is 5.51. The van der Waals surface area contributed by atoms with Crippen LogP contribution < -0.4 is 5.73 Å². The average molecular weight is 297 g/mol. The van der Waals surface area contributed by atoms with Crippen LogP contribution in [-0.2, 0) is 0 Å². The van der Waals surface area contributed by atoms with Gasteiger partial charge in [-0.15, -0.1) is 0 Å². The molecule has 0 spiro atoms. The fraction of sp³-hybridized carbons (Fsp3) is 0.571. The van der Waals surface area contributed by atoms with Crippen molar-refractivity contribution in [3.05, 3.63) is 34.3 Å². The monoisotopic (exact) mass is 296 g/mol. The predicted octanol–water partition coefficient (Wildman–Crippen LogP) is 3.18. The molecule has 1 saturated heterocycles. The summed E-state index contributed by atoms with van der Waals surface area (Å²) in [5, 5.41) is 0. The average Bonchev–Trinajstić information content (AvgIpc) is 2.64.